The molecular weight excluding hydrogens is 336 g/mol. The van der Waals surface area contributed by atoms with Gasteiger partial charge in [-0.15, -0.1) is 0 Å². The van der Waals surface area contributed by atoms with Crippen LogP contribution in [0.15, 0.2) is 36.4 Å². The summed E-state index contributed by atoms with van der Waals surface area (Å²) >= 11 is 6.42. The minimum atomic E-state index is -0.807. The molecule has 0 saturated carbocycles. The van der Waals surface area contributed by atoms with Gasteiger partial charge in [-0.3, -0.25) is 0 Å². The van der Waals surface area contributed by atoms with Gasteiger partial charge in [-0.2, -0.15) is 0 Å². The first-order valence-electron chi connectivity index (χ1n) is 8.79. The Morgan fingerprint density at radius 1 is 1.20 bits per heavy atom. The van der Waals surface area contributed by atoms with Gasteiger partial charge in [0, 0.05) is 47.9 Å². The van der Waals surface area contributed by atoms with Gasteiger partial charge in [0.2, 0.25) is 0 Å². The molecular formula is C20H19ClN2O2. The summed E-state index contributed by atoms with van der Waals surface area (Å²) in [6, 6.07) is 12.9. The zero-order chi connectivity index (χ0) is 17.1. The van der Waals surface area contributed by atoms with Crippen molar-refractivity contribution < 1.29 is 9.90 Å². The van der Waals surface area contributed by atoms with E-state index in [0.717, 1.165) is 35.5 Å². The van der Waals surface area contributed by atoms with Crippen LogP contribution in [0.5, 0.6) is 0 Å². The first kappa shape index (κ1) is 15.1. The largest absolute Gasteiger partial charge is 0.465 e. The van der Waals surface area contributed by atoms with Crippen molar-refractivity contribution in [1.82, 2.24) is 4.90 Å². The molecule has 0 unspecified atom stereocenters. The number of benzene rings is 2. The highest BCUT2D eigenvalue weighted by molar-refractivity contribution is 6.33. The molecule has 4 nitrogen and oxygen atoms in total. The number of amides is 1. The Balaban J connectivity index is 1.63. The molecule has 128 valence electrons. The number of halogens is 1. The highest BCUT2D eigenvalue weighted by atomic mass is 35.5. The van der Waals surface area contributed by atoms with Gasteiger partial charge in [-0.25, -0.2) is 4.79 Å². The Labute approximate surface area is 151 Å². The van der Waals surface area contributed by atoms with Gasteiger partial charge in [0.25, 0.3) is 0 Å². The molecule has 1 saturated heterocycles. The minimum absolute atomic E-state index is 0.265. The molecule has 0 aromatic heterocycles. The van der Waals surface area contributed by atoms with E-state index in [1.165, 1.54) is 16.8 Å². The van der Waals surface area contributed by atoms with Gasteiger partial charge in [0.1, 0.15) is 0 Å². The summed E-state index contributed by atoms with van der Waals surface area (Å²) in [5.74, 6) is 0.265. The lowest BCUT2D eigenvalue weighted by Gasteiger charge is -2.37. The number of nitrogens with zero attached hydrogens (tertiary/aromatic N) is 2. The lowest BCUT2D eigenvalue weighted by molar-refractivity contribution is 0.127. The number of likely N-dealkylation sites (tertiary alicyclic amines) is 1. The molecule has 2 aromatic rings. The van der Waals surface area contributed by atoms with Crippen LogP contribution >= 0.6 is 11.6 Å². The topological polar surface area (TPSA) is 43.8 Å². The van der Waals surface area contributed by atoms with E-state index in [1.807, 2.05) is 18.2 Å². The minimum Gasteiger partial charge on any atom is -0.465 e. The van der Waals surface area contributed by atoms with Crippen LogP contribution in [-0.2, 0) is 6.42 Å². The van der Waals surface area contributed by atoms with Gasteiger partial charge in [-0.1, -0.05) is 29.8 Å². The summed E-state index contributed by atoms with van der Waals surface area (Å²) in [5, 5.41) is 10.2. The molecule has 2 atom stereocenters. The van der Waals surface area contributed by atoms with Gasteiger partial charge in [-0.05, 0) is 47.7 Å². The molecule has 5 rings (SSSR count). The average Bonchev–Trinajstić information content (AvgIpc) is 3.17. The molecule has 1 N–H and O–H groups in total. The second kappa shape index (κ2) is 5.40. The lowest BCUT2D eigenvalue weighted by atomic mass is 9.86. The van der Waals surface area contributed by atoms with Gasteiger partial charge < -0.3 is 14.9 Å². The van der Waals surface area contributed by atoms with E-state index < -0.39 is 6.09 Å². The molecule has 0 bridgehead atoms. The van der Waals surface area contributed by atoms with E-state index in [9.17, 15) is 9.90 Å². The van der Waals surface area contributed by atoms with Crippen LogP contribution in [0.1, 0.15) is 23.5 Å². The lowest BCUT2D eigenvalue weighted by Crippen LogP contribution is -2.47. The normalized spacial score (nSPS) is 23.6. The number of rotatable bonds is 1. The van der Waals surface area contributed by atoms with Crippen LogP contribution in [0.2, 0.25) is 5.02 Å². The standard InChI is InChI=1S/C20H19ClN2O2/c21-17-4-2-1-3-14(17)13-9-12-5-8-23-18-6-7-22(20(24)25)11-16(18)15(10-13)19(12)23/h1-4,9-10,16,18H,5-8,11H2,(H,24,25)/t16-,18-/m0/s1. The second-order valence-electron chi connectivity index (χ2n) is 7.19. The van der Waals surface area contributed by atoms with Crippen LogP contribution in [0, 0.1) is 0 Å². The monoisotopic (exact) mass is 354 g/mol. The summed E-state index contributed by atoms with van der Waals surface area (Å²) in [6.07, 6.45) is 1.16. The molecule has 25 heavy (non-hydrogen) atoms. The third kappa shape index (κ3) is 2.17. The van der Waals surface area contributed by atoms with Crippen molar-refractivity contribution in [2.45, 2.75) is 24.8 Å². The number of carbonyl (C=O) groups is 1. The molecule has 0 radical (unpaired) electrons. The van der Waals surface area contributed by atoms with Crippen molar-refractivity contribution in [2.75, 3.05) is 24.5 Å². The quantitative estimate of drug-likeness (QED) is 0.833. The second-order valence-corrected chi connectivity index (χ2v) is 7.59. The van der Waals surface area contributed by atoms with Crippen LogP contribution in [0.25, 0.3) is 11.1 Å². The molecule has 1 fully saturated rings. The molecule has 1 amide bonds. The van der Waals surface area contributed by atoms with Crippen molar-refractivity contribution in [1.29, 1.82) is 0 Å². The molecule has 0 aliphatic carbocycles. The third-order valence-corrected chi connectivity index (χ3v) is 6.29. The number of anilines is 1. The van der Waals surface area contributed by atoms with Crippen molar-refractivity contribution in [3.63, 3.8) is 0 Å². The van der Waals surface area contributed by atoms with Crippen LogP contribution < -0.4 is 4.90 Å². The fraction of sp³-hybridized carbons (Fsp3) is 0.350. The Hall–Kier alpha value is -2.20. The molecule has 3 aliphatic rings. The zero-order valence-corrected chi connectivity index (χ0v) is 14.5. The maximum absolute atomic E-state index is 11.4. The molecule has 5 heteroatoms. The van der Waals surface area contributed by atoms with Gasteiger partial charge in [0.15, 0.2) is 0 Å². The van der Waals surface area contributed by atoms with Crippen LogP contribution in [-0.4, -0.2) is 41.8 Å². The summed E-state index contributed by atoms with van der Waals surface area (Å²) in [5.41, 5.74) is 6.24. The average molecular weight is 355 g/mol. The van der Waals surface area contributed by atoms with Crippen molar-refractivity contribution >= 4 is 23.4 Å². The molecule has 3 heterocycles. The molecule has 3 aliphatic heterocycles. The maximum Gasteiger partial charge on any atom is 0.407 e. The summed E-state index contributed by atoms with van der Waals surface area (Å²) in [4.78, 5) is 15.5. The summed E-state index contributed by atoms with van der Waals surface area (Å²) in [7, 11) is 0. The first-order chi connectivity index (χ1) is 12.1. The fourth-order valence-electron chi connectivity index (χ4n) is 4.87. The van der Waals surface area contributed by atoms with Gasteiger partial charge in [0.05, 0.1) is 0 Å². The highest BCUT2D eigenvalue weighted by Crippen LogP contribution is 2.51. The Morgan fingerprint density at radius 3 is 2.84 bits per heavy atom. The molecule has 0 spiro atoms. The van der Waals surface area contributed by atoms with E-state index in [-0.39, 0.29) is 5.92 Å². The number of piperidine rings is 1. The predicted molar refractivity (Wildman–Crippen MR) is 98.7 cm³/mol. The number of fused-ring (bicyclic) bond motifs is 3. The van der Waals surface area contributed by atoms with Crippen molar-refractivity contribution in [3.05, 3.63) is 52.5 Å². The Bertz CT molecular complexity index is 882. The number of hydrogen-bond donors (Lipinski definition) is 1. The summed E-state index contributed by atoms with van der Waals surface area (Å²) in [6.45, 7) is 2.27. The van der Waals surface area contributed by atoms with E-state index in [0.29, 0.717) is 19.1 Å². The maximum atomic E-state index is 11.4. The summed E-state index contributed by atoms with van der Waals surface area (Å²) < 4.78 is 0. The molecule has 2 aromatic carbocycles. The van der Waals surface area contributed by atoms with E-state index in [4.69, 9.17) is 11.6 Å². The van der Waals surface area contributed by atoms with Crippen molar-refractivity contribution in [2.24, 2.45) is 0 Å². The van der Waals surface area contributed by atoms with E-state index in [1.54, 1.807) is 4.90 Å². The Kier molecular flexibility index (Phi) is 3.26. The third-order valence-electron chi connectivity index (χ3n) is 5.96. The van der Waals surface area contributed by atoms with E-state index in [2.05, 4.69) is 23.1 Å². The predicted octanol–water partition coefficient (Wildman–Crippen LogP) is 4.22. The number of hydrogen-bond acceptors (Lipinski definition) is 2. The van der Waals surface area contributed by atoms with Crippen molar-refractivity contribution in [3.8, 4) is 11.1 Å². The Morgan fingerprint density at radius 2 is 2.04 bits per heavy atom. The first-order valence-corrected chi connectivity index (χ1v) is 9.17. The van der Waals surface area contributed by atoms with Gasteiger partial charge >= 0.3 is 6.09 Å². The highest BCUT2D eigenvalue weighted by Gasteiger charge is 2.45. The fourth-order valence-corrected chi connectivity index (χ4v) is 5.11. The SMILES string of the molecule is O=C(O)N1CC[C@H]2[C@@H](C1)c1cc(-c3ccccc3Cl)cc3c1N2CC3. The smallest absolute Gasteiger partial charge is 0.407 e. The van der Waals surface area contributed by atoms with Crippen LogP contribution in [0.3, 0.4) is 0 Å². The van der Waals surface area contributed by atoms with E-state index >= 15 is 0 Å². The van der Waals surface area contributed by atoms with Crippen LogP contribution in [0.4, 0.5) is 10.5 Å². The zero-order valence-electron chi connectivity index (χ0n) is 13.8. The number of carboxylic acid groups (broad SMARTS) is 1.